The molecule has 0 aromatic rings. The van der Waals surface area contributed by atoms with Gasteiger partial charge in [-0.1, -0.05) is 6.92 Å². The largest absolute Gasteiger partial charge is 0.391 e. The van der Waals surface area contributed by atoms with Crippen LogP contribution in [0.3, 0.4) is 0 Å². The lowest BCUT2D eigenvalue weighted by Crippen LogP contribution is -2.16. The molecule has 11 heavy (non-hydrogen) atoms. The van der Waals surface area contributed by atoms with Crippen molar-refractivity contribution in [2.24, 2.45) is 11.3 Å². The molecule has 0 N–H and O–H groups in total. The minimum absolute atomic E-state index is 0.0922. The predicted molar refractivity (Wildman–Crippen MR) is 37.0 cm³/mol. The Bertz CT molecular complexity index is 249. The molecule has 0 radical (unpaired) electrons. The summed E-state index contributed by atoms with van der Waals surface area (Å²) in [5.41, 5.74) is -0.758. The minimum Gasteiger partial charge on any atom is -0.391 e. The van der Waals surface area contributed by atoms with Gasteiger partial charge < -0.3 is 4.74 Å². The minimum atomic E-state index is -1.05. The lowest BCUT2D eigenvalue weighted by molar-refractivity contribution is -0.157. The Labute approximate surface area is 68.7 Å². The van der Waals surface area contributed by atoms with Crippen LogP contribution in [0.4, 0.5) is 0 Å². The van der Waals surface area contributed by atoms with Gasteiger partial charge >= 0.3 is 11.9 Å². The quantitative estimate of drug-likeness (QED) is 0.309. The molecule has 2 fully saturated rings. The third kappa shape index (κ3) is 0.439. The van der Waals surface area contributed by atoms with Crippen molar-refractivity contribution in [1.29, 1.82) is 0 Å². The summed E-state index contributed by atoms with van der Waals surface area (Å²) in [5, 5.41) is 0. The number of alkyl halides is 1. The molecule has 0 aromatic carbocycles. The highest BCUT2D eigenvalue weighted by Crippen LogP contribution is 2.70. The molecule has 4 heteroatoms. The van der Waals surface area contributed by atoms with Crippen molar-refractivity contribution in [3.63, 3.8) is 0 Å². The SMILES string of the molecule is CC1C2(C)C(=O)OC(=O)C12Cl. The Morgan fingerprint density at radius 1 is 1.45 bits per heavy atom. The van der Waals surface area contributed by atoms with Crippen molar-refractivity contribution in [2.75, 3.05) is 0 Å². The van der Waals surface area contributed by atoms with Crippen molar-refractivity contribution in [1.82, 2.24) is 0 Å². The molecule has 0 aromatic heterocycles. The van der Waals surface area contributed by atoms with Gasteiger partial charge in [0.25, 0.3) is 0 Å². The molecule has 1 saturated carbocycles. The number of hydrogen-bond donors (Lipinski definition) is 0. The van der Waals surface area contributed by atoms with Crippen LogP contribution in [0.1, 0.15) is 13.8 Å². The summed E-state index contributed by atoms with van der Waals surface area (Å²) < 4.78 is 4.39. The summed E-state index contributed by atoms with van der Waals surface area (Å²) in [7, 11) is 0. The van der Waals surface area contributed by atoms with Crippen molar-refractivity contribution in [2.45, 2.75) is 18.7 Å². The molecule has 2 rings (SSSR count). The van der Waals surface area contributed by atoms with E-state index in [4.69, 9.17) is 11.6 Å². The monoisotopic (exact) mass is 174 g/mol. The molecule has 0 bridgehead atoms. The van der Waals surface area contributed by atoms with E-state index in [1.165, 1.54) is 0 Å². The molecule has 0 amide bonds. The lowest BCUT2D eigenvalue weighted by Gasteiger charge is -2.00. The Morgan fingerprint density at radius 3 is 2.18 bits per heavy atom. The molecule has 3 atom stereocenters. The average Bonchev–Trinajstić information content (AvgIpc) is 2.30. The van der Waals surface area contributed by atoms with Gasteiger partial charge in [0.2, 0.25) is 0 Å². The van der Waals surface area contributed by atoms with Gasteiger partial charge in [-0.15, -0.1) is 11.6 Å². The first kappa shape index (κ1) is 7.10. The van der Waals surface area contributed by atoms with Crippen LogP contribution in [0.15, 0.2) is 0 Å². The zero-order valence-corrected chi connectivity index (χ0v) is 6.94. The van der Waals surface area contributed by atoms with Crippen molar-refractivity contribution < 1.29 is 14.3 Å². The van der Waals surface area contributed by atoms with Crippen LogP contribution in [-0.2, 0) is 14.3 Å². The van der Waals surface area contributed by atoms with Gasteiger partial charge in [0, 0.05) is 5.92 Å². The fraction of sp³-hybridized carbons (Fsp3) is 0.714. The highest BCUT2D eigenvalue weighted by Gasteiger charge is 2.85. The molecule has 2 aliphatic rings. The van der Waals surface area contributed by atoms with Gasteiger partial charge in [0.05, 0.1) is 0 Å². The van der Waals surface area contributed by atoms with Gasteiger partial charge in [-0.2, -0.15) is 0 Å². The highest BCUT2D eigenvalue weighted by molar-refractivity contribution is 6.43. The molecule has 1 aliphatic carbocycles. The van der Waals surface area contributed by atoms with E-state index in [0.717, 1.165) is 0 Å². The summed E-state index contributed by atoms with van der Waals surface area (Å²) in [4.78, 5) is 21.0. The number of cyclic esters (lactones) is 2. The summed E-state index contributed by atoms with van der Waals surface area (Å²) in [6.45, 7) is 3.45. The molecule has 1 heterocycles. The first-order valence-electron chi connectivity index (χ1n) is 3.41. The van der Waals surface area contributed by atoms with Crippen LogP contribution < -0.4 is 0 Å². The van der Waals surface area contributed by atoms with Crippen LogP contribution >= 0.6 is 11.6 Å². The van der Waals surface area contributed by atoms with E-state index in [2.05, 4.69) is 4.74 Å². The van der Waals surface area contributed by atoms with Gasteiger partial charge in [0.1, 0.15) is 5.41 Å². The predicted octanol–water partition coefficient (Wildman–Crippen LogP) is 0.703. The van der Waals surface area contributed by atoms with E-state index in [0.29, 0.717) is 0 Å². The van der Waals surface area contributed by atoms with E-state index >= 15 is 0 Å². The second-order valence-electron chi connectivity index (χ2n) is 3.31. The van der Waals surface area contributed by atoms with Gasteiger partial charge in [0.15, 0.2) is 4.87 Å². The lowest BCUT2D eigenvalue weighted by atomic mass is 10.1. The maximum atomic E-state index is 11.0. The molecular weight excluding hydrogens is 168 g/mol. The zero-order valence-electron chi connectivity index (χ0n) is 6.18. The maximum Gasteiger partial charge on any atom is 0.336 e. The maximum absolute atomic E-state index is 11.0. The number of carbonyl (C=O) groups is 2. The Morgan fingerprint density at radius 2 is 2.00 bits per heavy atom. The first-order valence-corrected chi connectivity index (χ1v) is 3.79. The van der Waals surface area contributed by atoms with Gasteiger partial charge in [-0.25, -0.2) is 4.79 Å². The van der Waals surface area contributed by atoms with E-state index < -0.39 is 22.2 Å². The number of fused-ring (bicyclic) bond motifs is 1. The molecule has 1 aliphatic heterocycles. The van der Waals surface area contributed by atoms with Crippen LogP contribution in [0.2, 0.25) is 0 Å². The molecule has 60 valence electrons. The summed E-state index contributed by atoms with van der Waals surface area (Å²) in [5.74, 6) is -1.16. The number of halogens is 1. The van der Waals surface area contributed by atoms with Crippen molar-refractivity contribution >= 4 is 23.5 Å². The topological polar surface area (TPSA) is 43.4 Å². The molecular formula is C7H7ClO3. The van der Waals surface area contributed by atoms with Crippen molar-refractivity contribution in [3.8, 4) is 0 Å². The second kappa shape index (κ2) is 1.46. The average molecular weight is 175 g/mol. The smallest absolute Gasteiger partial charge is 0.336 e. The molecule has 1 saturated heterocycles. The number of hydrogen-bond acceptors (Lipinski definition) is 3. The third-order valence-electron chi connectivity index (χ3n) is 3.04. The summed E-state index contributed by atoms with van der Waals surface area (Å²) >= 11 is 5.88. The molecule has 0 spiro atoms. The van der Waals surface area contributed by atoms with Crippen LogP contribution in [0.25, 0.3) is 0 Å². The van der Waals surface area contributed by atoms with E-state index in [9.17, 15) is 9.59 Å². The Balaban J connectivity index is 2.51. The Kier molecular flexibility index (Phi) is 0.942. The van der Waals surface area contributed by atoms with Crippen molar-refractivity contribution in [3.05, 3.63) is 0 Å². The molecule has 3 nitrogen and oxygen atoms in total. The Hall–Kier alpha value is -0.570. The van der Waals surface area contributed by atoms with Gasteiger partial charge in [-0.05, 0) is 6.92 Å². The van der Waals surface area contributed by atoms with Crippen LogP contribution in [0, 0.1) is 11.3 Å². The normalized spacial score (nSPS) is 53.9. The number of ether oxygens (including phenoxy) is 1. The number of esters is 2. The van der Waals surface area contributed by atoms with E-state index in [1.807, 2.05) is 0 Å². The third-order valence-corrected chi connectivity index (χ3v) is 3.92. The molecule has 3 unspecified atom stereocenters. The summed E-state index contributed by atoms with van der Waals surface area (Å²) in [6.07, 6.45) is 0. The van der Waals surface area contributed by atoms with E-state index in [-0.39, 0.29) is 5.92 Å². The number of carbonyl (C=O) groups excluding carboxylic acids is 2. The zero-order chi connectivity index (χ0) is 8.44. The fourth-order valence-electron chi connectivity index (χ4n) is 1.77. The van der Waals surface area contributed by atoms with Crippen LogP contribution in [-0.4, -0.2) is 16.8 Å². The van der Waals surface area contributed by atoms with Gasteiger partial charge in [-0.3, -0.25) is 4.79 Å². The number of rotatable bonds is 0. The standard InChI is InChI=1S/C7H7ClO3/c1-3-6(2)4(9)11-5(10)7(3,6)8/h3H,1-2H3. The highest BCUT2D eigenvalue weighted by atomic mass is 35.5. The van der Waals surface area contributed by atoms with Crippen LogP contribution in [0.5, 0.6) is 0 Å². The van der Waals surface area contributed by atoms with E-state index in [1.54, 1.807) is 13.8 Å². The summed E-state index contributed by atoms with van der Waals surface area (Å²) in [6, 6.07) is 0. The first-order chi connectivity index (χ1) is 4.95. The fourth-order valence-corrected chi connectivity index (χ4v) is 2.21. The second-order valence-corrected chi connectivity index (χ2v) is 3.91.